The lowest BCUT2D eigenvalue weighted by atomic mass is 9.86. The van der Waals surface area contributed by atoms with Gasteiger partial charge in [0.1, 0.15) is 5.75 Å². The van der Waals surface area contributed by atoms with Crippen LogP contribution in [0.5, 0.6) is 5.75 Å². The average molecular weight is 298 g/mol. The van der Waals surface area contributed by atoms with Crippen LogP contribution in [0.15, 0.2) is 42.5 Å². The van der Waals surface area contributed by atoms with Crippen molar-refractivity contribution < 1.29 is 9.90 Å². The number of aromatic hydroxyl groups is 1. The molecule has 2 rings (SSSR count). The molecule has 0 fully saturated rings. The third-order valence-electron chi connectivity index (χ3n) is 3.55. The summed E-state index contributed by atoms with van der Waals surface area (Å²) in [5.74, 6) is -0.354. The molecular formula is C18H22N2O2. The van der Waals surface area contributed by atoms with E-state index in [0.717, 1.165) is 11.1 Å². The second-order valence-corrected chi connectivity index (χ2v) is 6.34. The van der Waals surface area contributed by atoms with E-state index in [1.54, 1.807) is 24.3 Å². The lowest BCUT2D eigenvalue weighted by Gasteiger charge is -2.20. The van der Waals surface area contributed by atoms with Gasteiger partial charge < -0.3 is 16.2 Å². The zero-order valence-corrected chi connectivity index (χ0v) is 13.2. The quantitative estimate of drug-likeness (QED) is 0.813. The summed E-state index contributed by atoms with van der Waals surface area (Å²) in [5.41, 5.74) is 8.39. The van der Waals surface area contributed by atoms with Gasteiger partial charge in [0, 0.05) is 12.2 Å². The number of phenolic OH excluding ortho intramolecular Hbond substituents is 1. The molecule has 0 aromatic heterocycles. The Morgan fingerprint density at radius 1 is 1.14 bits per heavy atom. The fourth-order valence-electron chi connectivity index (χ4n) is 2.11. The van der Waals surface area contributed by atoms with Crippen molar-refractivity contribution in [1.82, 2.24) is 0 Å². The maximum atomic E-state index is 12.4. The standard InChI is InChI=1S/C18H22N2O2/c1-18(2,3)13-6-9-16(21)15(10-13)17(22)20-14-7-4-12(11-19)5-8-14/h4-10,21H,11,19H2,1-3H3,(H,20,22). The molecule has 0 aliphatic heterocycles. The Morgan fingerprint density at radius 2 is 1.77 bits per heavy atom. The highest BCUT2D eigenvalue weighted by Gasteiger charge is 2.18. The summed E-state index contributed by atoms with van der Waals surface area (Å²) in [6.07, 6.45) is 0. The van der Waals surface area contributed by atoms with E-state index in [9.17, 15) is 9.90 Å². The average Bonchev–Trinajstić information content (AvgIpc) is 2.47. The number of benzene rings is 2. The van der Waals surface area contributed by atoms with Crippen LogP contribution in [0, 0.1) is 0 Å². The van der Waals surface area contributed by atoms with E-state index in [-0.39, 0.29) is 22.6 Å². The van der Waals surface area contributed by atoms with E-state index in [0.29, 0.717) is 12.2 Å². The minimum Gasteiger partial charge on any atom is -0.507 e. The van der Waals surface area contributed by atoms with E-state index < -0.39 is 0 Å². The Morgan fingerprint density at radius 3 is 2.32 bits per heavy atom. The Bertz CT molecular complexity index is 670. The summed E-state index contributed by atoms with van der Waals surface area (Å²) < 4.78 is 0. The molecule has 0 radical (unpaired) electrons. The van der Waals surface area contributed by atoms with Crippen molar-refractivity contribution in [1.29, 1.82) is 0 Å². The van der Waals surface area contributed by atoms with E-state index in [4.69, 9.17) is 5.73 Å². The molecule has 4 nitrogen and oxygen atoms in total. The highest BCUT2D eigenvalue weighted by molar-refractivity contribution is 6.06. The monoisotopic (exact) mass is 298 g/mol. The normalized spacial score (nSPS) is 11.3. The molecule has 2 aromatic rings. The third kappa shape index (κ3) is 3.65. The zero-order chi connectivity index (χ0) is 16.3. The van der Waals surface area contributed by atoms with E-state index >= 15 is 0 Å². The first-order valence-electron chi connectivity index (χ1n) is 7.25. The van der Waals surface area contributed by atoms with Crippen molar-refractivity contribution in [3.63, 3.8) is 0 Å². The predicted octanol–water partition coefficient (Wildman–Crippen LogP) is 3.40. The number of rotatable bonds is 3. The highest BCUT2D eigenvalue weighted by Crippen LogP contribution is 2.28. The number of carbonyl (C=O) groups excluding carboxylic acids is 1. The molecule has 4 N–H and O–H groups in total. The molecule has 0 saturated carbocycles. The third-order valence-corrected chi connectivity index (χ3v) is 3.55. The first kappa shape index (κ1) is 16.0. The van der Waals surface area contributed by atoms with Gasteiger partial charge in [0.25, 0.3) is 5.91 Å². The van der Waals surface area contributed by atoms with Crippen molar-refractivity contribution in [3.8, 4) is 5.75 Å². The summed E-state index contributed by atoms with van der Waals surface area (Å²) in [6, 6.07) is 12.5. The molecule has 22 heavy (non-hydrogen) atoms. The fourth-order valence-corrected chi connectivity index (χ4v) is 2.11. The Hall–Kier alpha value is -2.33. The summed E-state index contributed by atoms with van der Waals surface area (Å²) >= 11 is 0. The van der Waals surface area contributed by atoms with Crippen LogP contribution in [0.25, 0.3) is 0 Å². The number of phenols is 1. The highest BCUT2D eigenvalue weighted by atomic mass is 16.3. The first-order valence-corrected chi connectivity index (χ1v) is 7.25. The SMILES string of the molecule is CC(C)(C)c1ccc(O)c(C(=O)Nc2ccc(CN)cc2)c1. The number of hydrogen-bond donors (Lipinski definition) is 3. The van der Waals surface area contributed by atoms with Crippen molar-refractivity contribution in [2.45, 2.75) is 32.7 Å². The second kappa shape index (κ2) is 6.20. The van der Waals surface area contributed by atoms with Crippen molar-refractivity contribution in [3.05, 3.63) is 59.2 Å². The molecule has 0 heterocycles. The van der Waals surface area contributed by atoms with Crippen LogP contribution in [0.1, 0.15) is 42.3 Å². The van der Waals surface area contributed by atoms with Crippen LogP contribution in [-0.2, 0) is 12.0 Å². The Kier molecular flexibility index (Phi) is 4.52. The largest absolute Gasteiger partial charge is 0.507 e. The number of amides is 1. The van der Waals surface area contributed by atoms with E-state index in [1.807, 2.05) is 18.2 Å². The molecule has 0 atom stereocenters. The first-order chi connectivity index (χ1) is 10.3. The van der Waals surface area contributed by atoms with E-state index in [1.165, 1.54) is 0 Å². The van der Waals surface area contributed by atoms with Crippen molar-refractivity contribution in [2.24, 2.45) is 5.73 Å². The number of hydrogen-bond acceptors (Lipinski definition) is 3. The van der Waals surface area contributed by atoms with Crippen LogP contribution in [-0.4, -0.2) is 11.0 Å². The van der Waals surface area contributed by atoms with Gasteiger partial charge in [0.2, 0.25) is 0 Å². The molecule has 0 unspecified atom stereocenters. The van der Waals surface area contributed by atoms with Crippen LogP contribution >= 0.6 is 0 Å². The summed E-state index contributed by atoms with van der Waals surface area (Å²) in [6.45, 7) is 6.65. The summed E-state index contributed by atoms with van der Waals surface area (Å²) in [7, 11) is 0. The van der Waals surface area contributed by atoms with Gasteiger partial charge in [-0.1, -0.05) is 39.0 Å². The number of carbonyl (C=O) groups is 1. The fraction of sp³-hybridized carbons (Fsp3) is 0.278. The molecule has 4 heteroatoms. The molecule has 0 bridgehead atoms. The van der Waals surface area contributed by atoms with Crippen LogP contribution in [0.3, 0.4) is 0 Å². The molecule has 0 aliphatic carbocycles. The van der Waals surface area contributed by atoms with E-state index in [2.05, 4.69) is 26.1 Å². The molecule has 0 spiro atoms. The molecule has 1 amide bonds. The van der Waals surface area contributed by atoms with Gasteiger partial charge in [0.15, 0.2) is 0 Å². The van der Waals surface area contributed by atoms with Gasteiger partial charge in [-0.05, 0) is 40.8 Å². The van der Waals surface area contributed by atoms with Crippen molar-refractivity contribution >= 4 is 11.6 Å². The predicted molar refractivity (Wildman–Crippen MR) is 89.1 cm³/mol. The maximum Gasteiger partial charge on any atom is 0.259 e. The van der Waals surface area contributed by atoms with Crippen LogP contribution < -0.4 is 11.1 Å². The molecule has 0 saturated heterocycles. The number of anilines is 1. The van der Waals surface area contributed by atoms with Crippen molar-refractivity contribution in [2.75, 3.05) is 5.32 Å². The summed E-state index contributed by atoms with van der Waals surface area (Å²) in [4.78, 5) is 12.4. The Labute approximate surface area is 131 Å². The van der Waals surface area contributed by atoms with Gasteiger partial charge in [0.05, 0.1) is 5.56 Å². The van der Waals surface area contributed by atoms with Crippen LogP contribution in [0.2, 0.25) is 0 Å². The molecule has 0 aliphatic rings. The lowest BCUT2D eigenvalue weighted by Crippen LogP contribution is -2.16. The van der Waals surface area contributed by atoms with Gasteiger partial charge in [-0.25, -0.2) is 0 Å². The molecular weight excluding hydrogens is 276 g/mol. The maximum absolute atomic E-state index is 12.4. The van der Waals surface area contributed by atoms with Gasteiger partial charge >= 0.3 is 0 Å². The van der Waals surface area contributed by atoms with Gasteiger partial charge in [-0.15, -0.1) is 0 Å². The molecule has 116 valence electrons. The minimum absolute atomic E-state index is 0.0240. The zero-order valence-electron chi connectivity index (χ0n) is 13.2. The molecule has 2 aromatic carbocycles. The topological polar surface area (TPSA) is 75.3 Å². The Balaban J connectivity index is 2.25. The lowest BCUT2D eigenvalue weighted by molar-refractivity contribution is 0.102. The number of nitrogens with one attached hydrogen (secondary N) is 1. The number of nitrogens with two attached hydrogens (primary N) is 1. The second-order valence-electron chi connectivity index (χ2n) is 6.34. The summed E-state index contributed by atoms with van der Waals surface area (Å²) in [5, 5.41) is 12.7. The van der Waals surface area contributed by atoms with Gasteiger partial charge in [-0.2, -0.15) is 0 Å². The van der Waals surface area contributed by atoms with Crippen LogP contribution in [0.4, 0.5) is 5.69 Å². The minimum atomic E-state index is -0.330. The van der Waals surface area contributed by atoms with Gasteiger partial charge in [-0.3, -0.25) is 4.79 Å². The smallest absolute Gasteiger partial charge is 0.259 e.